The number of ether oxygens (including phenoxy) is 1. The lowest BCUT2D eigenvalue weighted by molar-refractivity contribution is -0.141. The van der Waals surface area contributed by atoms with Crippen LogP contribution in [0.1, 0.15) is 44.7 Å². The Labute approximate surface area is 225 Å². The van der Waals surface area contributed by atoms with Crippen molar-refractivity contribution in [1.82, 2.24) is 25.8 Å². The second kappa shape index (κ2) is 14.5. The molecular formula is C29H41N5O4. The molecule has 0 radical (unpaired) electrons. The van der Waals surface area contributed by atoms with E-state index in [9.17, 15) is 14.4 Å². The molecule has 9 nitrogen and oxygen atoms in total. The molecule has 4 atom stereocenters. The molecule has 2 heterocycles. The van der Waals surface area contributed by atoms with Crippen LogP contribution in [0, 0.1) is 5.92 Å². The Balaban J connectivity index is 1.85. The molecule has 3 amide bonds. The van der Waals surface area contributed by atoms with Crippen molar-refractivity contribution in [2.75, 3.05) is 26.7 Å². The molecule has 1 aromatic heterocycles. The minimum Gasteiger partial charge on any atom is -0.492 e. The minimum absolute atomic E-state index is 0.0586. The molecule has 38 heavy (non-hydrogen) atoms. The normalized spacial score (nSPS) is 23.2. The maximum atomic E-state index is 13.5. The lowest BCUT2D eigenvalue weighted by Crippen LogP contribution is -2.57. The average Bonchev–Trinajstić information content (AvgIpc) is 2.94. The highest BCUT2D eigenvalue weighted by Gasteiger charge is 2.32. The van der Waals surface area contributed by atoms with Crippen LogP contribution in [0.4, 0.5) is 0 Å². The molecule has 3 rings (SSSR count). The summed E-state index contributed by atoms with van der Waals surface area (Å²) in [5.41, 5.74) is 1.94. The summed E-state index contributed by atoms with van der Waals surface area (Å²) >= 11 is 0. The van der Waals surface area contributed by atoms with Gasteiger partial charge in [-0.2, -0.15) is 0 Å². The first kappa shape index (κ1) is 29.1. The third kappa shape index (κ3) is 8.02. The molecule has 1 aliphatic heterocycles. The van der Waals surface area contributed by atoms with Crippen LogP contribution in [-0.2, 0) is 27.2 Å². The number of nitrogens with one attached hydrogen (secondary N) is 3. The number of amides is 3. The number of aryl methyl sites for hydroxylation is 1. The molecule has 206 valence electrons. The van der Waals surface area contributed by atoms with Crippen molar-refractivity contribution in [2.24, 2.45) is 5.92 Å². The van der Waals surface area contributed by atoms with Crippen LogP contribution < -0.4 is 20.7 Å². The van der Waals surface area contributed by atoms with E-state index < -0.39 is 18.1 Å². The molecule has 0 saturated heterocycles. The van der Waals surface area contributed by atoms with Gasteiger partial charge in [0.25, 0.3) is 0 Å². The van der Waals surface area contributed by atoms with Crippen molar-refractivity contribution in [1.29, 1.82) is 0 Å². The fraction of sp³-hybridized carbons (Fsp3) is 0.517. The lowest BCUT2D eigenvalue weighted by atomic mass is 9.97. The maximum absolute atomic E-state index is 13.5. The Morgan fingerprint density at radius 2 is 1.82 bits per heavy atom. The molecule has 0 fully saturated rings. The molecule has 0 saturated carbocycles. The molecule has 1 aliphatic rings. The van der Waals surface area contributed by atoms with Crippen molar-refractivity contribution in [3.05, 3.63) is 59.9 Å². The standard InChI is InChI=1S/C29H41N5O4/c1-5-20(2)26-29(37)34(4)21(3)27(35)33-24(19-22-12-15-30-16-13-22)28(36)32-14-8-10-23-9-6-7-11-25(23)38-18-17-31-26/h6-7,9,11-13,15-16,20-21,24,26,31H,5,8,10,14,17-19H2,1-4H3,(H,32,36)(H,33,35)/t20-,21+,24+,26-/m0/s1. The predicted octanol–water partition coefficient (Wildman–Crippen LogP) is 2.10. The van der Waals surface area contributed by atoms with Crippen LogP contribution in [0.15, 0.2) is 48.8 Å². The van der Waals surface area contributed by atoms with Gasteiger partial charge in [-0.05, 0) is 55.0 Å². The lowest BCUT2D eigenvalue weighted by Gasteiger charge is -2.32. The summed E-state index contributed by atoms with van der Waals surface area (Å²) in [6, 6.07) is 9.52. The Hall–Kier alpha value is -3.46. The largest absolute Gasteiger partial charge is 0.492 e. The van der Waals surface area contributed by atoms with Crippen molar-refractivity contribution < 1.29 is 19.1 Å². The molecule has 0 unspecified atom stereocenters. The number of likely N-dealkylation sites (N-methyl/N-ethyl adjacent to an activating group) is 1. The number of hydrogen-bond donors (Lipinski definition) is 3. The summed E-state index contributed by atoms with van der Waals surface area (Å²) in [7, 11) is 1.63. The van der Waals surface area contributed by atoms with Crippen LogP contribution in [-0.4, -0.2) is 72.5 Å². The number of fused-ring (bicyclic) bond motifs is 1. The average molecular weight is 524 g/mol. The second-order valence-corrected chi connectivity index (χ2v) is 9.91. The van der Waals surface area contributed by atoms with Crippen LogP contribution in [0.5, 0.6) is 5.75 Å². The van der Waals surface area contributed by atoms with Gasteiger partial charge in [0, 0.05) is 39.0 Å². The summed E-state index contributed by atoms with van der Waals surface area (Å²) in [4.78, 5) is 45.4. The van der Waals surface area contributed by atoms with E-state index >= 15 is 0 Å². The fourth-order valence-corrected chi connectivity index (χ4v) is 4.45. The molecule has 1 aromatic carbocycles. The van der Waals surface area contributed by atoms with Gasteiger partial charge in [0.05, 0.1) is 6.04 Å². The smallest absolute Gasteiger partial charge is 0.243 e. The SMILES string of the molecule is CC[C@H](C)[C@@H]1NCCOc2ccccc2CCCNC(=O)[C@@H](Cc2ccncc2)NC(=O)[C@@H](C)N(C)C1=O. The fourth-order valence-electron chi connectivity index (χ4n) is 4.45. The Morgan fingerprint density at radius 1 is 1.08 bits per heavy atom. The van der Waals surface area contributed by atoms with E-state index in [-0.39, 0.29) is 23.6 Å². The first-order valence-corrected chi connectivity index (χ1v) is 13.5. The number of carbonyl (C=O) groups excluding carboxylic acids is 3. The van der Waals surface area contributed by atoms with E-state index in [2.05, 4.69) is 20.9 Å². The Bertz CT molecular complexity index is 1060. The zero-order chi connectivity index (χ0) is 27.5. The number of rotatable bonds is 4. The maximum Gasteiger partial charge on any atom is 0.243 e. The molecule has 2 aromatic rings. The number of pyridine rings is 1. The van der Waals surface area contributed by atoms with Crippen LogP contribution in [0.3, 0.4) is 0 Å². The summed E-state index contributed by atoms with van der Waals surface area (Å²) in [6.45, 7) is 7.10. The van der Waals surface area contributed by atoms with Gasteiger partial charge < -0.3 is 25.6 Å². The number of para-hydroxylation sites is 1. The quantitative estimate of drug-likeness (QED) is 0.566. The van der Waals surface area contributed by atoms with E-state index in [0.29, 0.717) is 26.1 Å². The summed E-state index contributed by atoms with van der Waals surface area (Å²) in [6.07, 6.45) is 5.90. The van der Waals surface area contributed by atoms with E-state index in [1.165, 1.54) is 4.90 Å². The van der Waals surface area contributed by atoms with E-state index in [1.807, 2.05) is 50.2 Å². The third-order valence-electron chi connectivity index (χ3n) is 7.23. The van der Waals surface area contributed by atoms with Crippen molar-refractivity contribution >= 4 is 17.7 Å². The van der Waals surface area contributed by atoms with Gasteiger partial charge in [0.2, 0.25) is 17.7 Å². The zero-order valence-electron chi connectivity index (χ0n) is 22.9. The van der Waals surface area contributed by atoms with Gasteiger partial charge in [-0.15, -0.1) is 0 Å². The minimum atomic E-state index is -0.783. The van der Waals surface area contributed by atoms with E-state index in [1.54, 1.807) is 26.4 Å². The van der Waals surface area contributed by atoms with Gasteiger partial charge in [-0.3, -0.25) is 19.4 Å². The van der Waals surface area contributed by atoms with Crippen molar-refractivity contribution in [3.8, 4) is 5.75 Å². The van der Waals surface area contributed by atoms with Gasteiger partial charge in [-0.25, -0.2) is 0 Å². The highest BCUT2D eigenvalue weighted by Crippen LogP contribution is 2.20. The van der Waals surface area contributed by atoms with Gasteiger partial charge in [-0.1, -0.05) is 38.5 Å². The number of nitrogens with zero attached hydrogens (tertiary/aromatic N) is 2. The summed E-state index contributed by atoms with van der Waals surface area (Å²) in [5, 5.41) is 9.21. The van der Waals surface area contributed by atoms with E-state index in [4.69, 9.17) is 4.74 Å². The number of benzene rings is 1. The van der Waals surface area contributed by atoms with Crippen LogP contribution in [0.25, 0.3) is 0 Å². The first-order valence-electron chi connectivity index (χ1n) is 13.5. The van der Waals surface area contributed by atoms with Gasteiger partial charge in [0.1, 0.15) is 24.4 Å². The van der Waals surface area contributed by atoms with Crippen LogP contribution in [0.2, 0.25) is 0 Å². The molecule has 0 bridgehead atoms. The van der Waals surface area contributed by atoms with Crippen molar-refractivity contribution in [3.63, 3.8) is 0 Å². The highest BCUT2D eigenvalue weighted by molar-refractivity contribution is 5.93. The van der Waals surface area contributed by atoms with E-state index in [0.717, 1.165) is 36.1 Å². The molecule has 3 N–H and O–H groups in total. The molecular weight excluding hydrogens is 482 g/mol. The number of carbonyl (C=O) groups is 3. The van der Waals surface area contributed by atoms with Gasteiger partial charge in [0.15, 0.2) is 0 Å². The Morgan fingerprint density at radius 3 is 2.55 bits per heavy atom. The number of aromatic nitrogens is 1. The zero-order valence-corrected chi connectivity index (χ0v) is 22.9. The van der Waals surface area contributed by atoms with Crippen molar-refractivity contribution in [2.45, 2.75) is 64.6 Å². The number of hydrogen-bond acceptors (Lipinski definition) is 6. The predicted molar refractivity (Wildman–Crippen MR) is 147 cm³/mol. The third-order valence-corrected chi connectivity index (χ3v) is 7.23. The summed E-state index contributed by atoms with van der Waals surface area (Å²) in [5.74, 6) is 0.0566. The molecule has 0 spiro atoms. The first-order chi connectivity index (χ1) is 18.3. The molecule has 0 aliphatic carbocycles. The second-order valence-electron chi connectivity index (χ2n) is 9.91. The van der Waals surface area contributed by atoms with Gasteiger partial charge >= 0.3 is 0 Å². The monoisotopic (exact) mass is 523 g/mol. The summed E-state index contributed by atoms with van der Waals surface area (Å²) < 4.78 is 6.06. The topological polar surface area (TPSA) is 113 Å². The molecule has 9 heteroatoms. The highest BCUT2D eigenvalue weighted by atomic mass is 16.5. The Kier molecular flexibility index (Phi) is 11.1. The van der Waals surface area contributed by atoms with Crippen LogP contribution >= 0.6 is 0 Å².